The number of nitrogens with one attached hydrogen (secondary N) is 2. The van der Waals surface area contributed by atoms with Crippen LogP contribution in [0, 0.1) is 10.1 Å². The minimum Gasteiger partial charge on any atom is -0.315 e. The van der Waals surface area contributed by atoms with Crippen molar-refractivity contribution >= 4 is 64.4 Å². The number of nitro benzene ring substituents is 1. The van der Waals surface area contributed by atoms with Crippen molar-refractivity contribution in [1.82, 2.24) is 15.4 Å². The highest BCUT2D eigenvalue weighted by Crippen LogP contribution is 2.38. The van der Waals surface area contributed by atoms with Crippen LogP contribution in [0.15, 0.2) is 77.9 Å². The molecule has 5 amide bonds. The number of non-ortho nitro benzene ring substituents is 1. The summed E-state index contributed by atoms with van der Waals surface area (Å²) in [6.07, 6.45) is 0.350. The summed E-state index contributed by atoms with van der Waals surface area (Å²) in [6, 6.07) is 17.1. The molecule has 1 atom stereocenters. The first kappa shape index (κ1) is 32.2. The third kappa shape index (κ3) is 7.43. The standard InChI is InChI=1S/C29H29Cl2N7O6/c1-29(2)26(37(42)27(40)33-22-12-8-20(30)9-13-22)36(23-14-10-21(31)11-15-23)28(41)35(29)16-4-7-25(39)34-32-18-19-5-3-6-24(17-19)38(43)44/h3,5-6,8-15,17-18,26,42H,4,7,16H2,1-2H3,(H,33,40)(H,34,39). The molecule has 230 valence electrons. The van der Waals surface area contributed by atoms with Gasteiger partial charge < -0.3 is 10.2 Å². The molecule has 1 fully saturated rings. The molecule has 0 radical (unpaired) electrons. The zero-order valence-corrected chi connectivity index (χ0v) is 25.2. The minimum absolute atomic E-state index is 0.00234. The quantitative estimate of drug-likeness (QED) is 0.105. The van der Waals surface area contributed by atoms with E-state index in [-0.39, 0.29) is 25.1 Å². The molecule has 0 saturated carbocycles. The summed E-state index contributed by atoms with van der Waals surface area (Å²) in [7, 11) is 0. The Bertz CT molecular complexity index is 1570. The molecule has 1 saturated heterocycles. The number of hydroxylamine groups is 2. The summed E-state index contributed by atoms with van der Waals surface area (Å²) in [6.45, 7) is 3.52. The van der Waals surface area contributed by atoms with E-state index in [1.165, 1.54) is 34.2 Å². The van der Waals surface area contributed by atoms with Gasteiger partial charge in [-0.1, -0.05) is 35.3 Å². The van der Waals surface area contributed by atoms with E-state index in [0.29, 0.717) is 32.0 Å². The SMILES string of the molecule is CC1(C)C(N(O)C(=O)Nc2ccc(Cl)cc2)N(c2ccc(Cl)cc2)C(=O)N1CCCC(=O)NN=Cc1cccc([N+](=O)[O-])c1. The molecular formula is C29H29Cl2N7O6. The van der Waals surface area contributed by atoms with Crippen LogP contribution in [0.5, 0.6) is 0 Å². The van der Waals surface area contributed by atoms with Gasteiger partial charge in [0.1, 0.15) is 0 Å². The first-order chi connectivity index (χ1) is 20.9. The van der Waals surface area contributed by atoms with E-state index in [2.05, 4.69) is 15.8 Å². The number of benzene rings is 3. The number of hydrogen-bond donors (Lipinski definition) is 3. The maximum Gasteiger partial charge on any atom is 0.347 e. The average molecular weight is 643 g/mol. The van der Waals surface area contributed by atoms with Gasteiger partial charge in [0.25, 0.3) is 5.69 Å². The number of nitrogens with zero attached hydrogens (tertiary/aromatic N) is 5. The van der Waals surface area contributed by atoms with E-state index in [1.807, 2.05) is 0 Å². The molecule has 0 bridgehead atoms. The van der Waals surface area contributed by atoms with Gasteiger partial charge in [-0.3, -0.25) is 25.0 Å². The van der Waals surface area contributed by atoms with Gasteiger partial charge in [-0.2, -0.15) is 10.2 Å². The van der Waals surface area contributed by atoms with Crippen LogP contribution in [0.3, 0.4) is 0 Å². The summed E-state index contributed by atoms with van der Waals surface area (Å²) < 4.78 is 0. The second-order valence-electron chi connectivity index (χ2n) is 10.3. The molecule has 3 aromatic carbocycles. The van der Waals surface area contributed by atoms with Gasteiger partial charge >= 0.3 is 12.1 Å². The summed E-state index contributed by atoms with van der Waals surface area (Å²) in [5, 5.41) is 29.9. The van der Waals surface area contributed by atoms with Gasteiger partial charge in [0.2, 0.25) is 5.91 Å². The van der Waals surface area contributed by atoms with E-state index in [9.17, 15) is 29.7 Å². The van der Waals surface area contributed by atoms with Crippen LogP contribution in [0.1, 0.15) is 32.3 Å². The van der Waals surface area contributed by atoms with Crippen molar-refractivity contribution < 1.29 is 24.5 Å². The number of carbonyl (C=O) groups excluding carboxylic acids is 3. The third-order valence-electron chi connectivity index (χ3n) is 6.92. The lowest BCUT2D eigenvalue weighted by Gasteiger charge is -2.38. The number of hydrogen-bond acceptors (Lipinski definition) is 7. The molecule has 3 N–H and O–H groups in total. The Morgan fingerprint density at radius 3 is 2.36 bits per heavy atom. The molecule has 1 aliphatic heterocycles. The Kier molecular flexibility index (Phi) is 10.0. The number of halogens is 2. The van der Waals surface area contributed by atoms with Crippen molar-refractivity contribution in [3.05, 3.63) is 98.5 Å². The van der Waals surface area contributed by atoms with E-state index in [0.717, 1.165) is 0 Å². The van der Waals surface area contributed by atoms with Crippen molar-refractivity contribution in [1.29, 1.82) is 0 Å². The molecule has 3 aromatic rings. The van der Waals surface area contributed by atoms with Crippen molar-refractivity contribution in [3.8, 4) is 0 Å². The van der Waals surface area contributed by atoms with Crippen molar-refractivity contribution in [2.75, 3.05) is 16.8 Å². The lowest BCUT2D eigenvalue weighted by Crippen LogP contribution is -2.58. The highest BCUT2D eigenvalue weighted by molar-refractivity contribution is 6.31. The van der Waals surface area contributed by atoms with E-state index in [4.69, 9.17) is 23.2 Å². The van der Waals surface area contributed by atoms with Crippen molar-refractivity contribution in [2.24, 2.45) is 5.10 Å². The zero-order chi connectivity index (χ0) is 32.0. The first-order valence-electron chi connectivity index (χ1n) is 13.4. The average Bonchev–Trinajstić information content (AvgIpc) is 3.18. The topological polar surface area (TPSA) is 161 Å². The van der Waals surface area contributed by atoms with Crippen molar-refractivity contribution in [2.45, 2.75) is 38.4 Å². The van der Waals surface area contributed by atoms with Gasteiger partial charge in [-0.15, -0.1) is 0 Å². The molecule has 4 rings (SSSR count). The normalized spacial score (nSPS) is 15.8. The molecule has 1 heterocycles. The predicted molar refractivity (Wildman–Crippen MR) is 166 cm³/mol. The summed E-state index contributed by atoms with van der Waals surface area (Å²) in [5.74, 6) is -0.437. The Labute approximate surface area is 262 Å². The lowest BCUT2D eigenvalue weighted by molar-refractivity contribution is -0.384. The number of carbonyl (C=O) groups is 3. The van der Waals surface area contributed by atoms with Crippen LogP contribution in [-0.4, -0.2) is 62.5 Å². The molecule has 0 aliphatic carbocycles. The molecule has 1 aliphatic rings. The van der Waals surface area contributed by atoms with Crippen molar-refractivity contribution in [3.63, 3.8) is 0 Å². The van der Waals surface area contributed by atoms with Gasteiger partial charge in [-0.05, 0) is 68.8 Å². The van der Waals surface area contributed by atoms with Gasteiger partial charge in [-0.25, -0.2) is 15.0 Å². The van der Waals surface area contributed by atoms with Crippen LogP contribution in [-0.2, 0) is 4.79 Å². The van der Waals surface area contributed by atoms with Crippen LogP contribution in [0.4, 0.5) is 26.7 Å². The van der Waals surface area contributed by atoms with Gasteiger partial charge in [0, 0.05) is 52.1 Å². The minimum atomic E-state index is -1.17. The number of anilines is 2. The molecule has 1 unspecified atom stereocenters. The van der Waals surface area contributed by atoms with E-state index < -0.39 is 34.6 Å². The molecule has 0 aromatic heterocycles. The molecular weight excluding hydrogens is 613 g/mol. The first-order valence-corrected chi connectivity index (χ1v) is 14.1. The molecule has 0 spiro atoms. The number of rotatable bonds is 10. The number of hydrazone groups is 1. The lowest BCUT2D eigenvalue weighted by atomic mass is 9.99. The monoisotopic (exact) mass is 641 g/mol. The highest BCUT2D eigenvalue weighted by Gasteiger charge is 2.55. The molecule has 15 heteroatoms. The second-order valence-corrected chi connectivity index (χ2v) is 11.2. The largest absolute Gasteiger partial charge is 0.347 e. The number of urea groups is 2. The van der Waals surface area contributed by atoms with Crippen LogP contribution >= 0.6 is 23.2 Å². The second kappa shape index (κ2) is 13.7. The maximum absolute atomic E-state index is 13.8. The number of amides is 5. The fraction of sp³-hybridized carbons (Fsp3) is 0.241. The summed E-state index contributed by atoms with van der Waals surface area (Å²) in [5.41, 5.74) is 2.36. The Morgan fingerprint density at radius 2 is 1.73 bits per heavy atom. The summed E-state index contributed by atoms with van der Waals surface area (Å²) in [4.78, 5) is 52.5. The zero-order valence-electron chi connectivity index (χ0n) is 23.7. The highest BCUT2D eigenvalue weighted by atomic mass is 35.5. The maximum atomic E-state index is 13.8. The fourth-order valence-corrected chi connectivity index (χ4v) is 5.01. The third-order valence-corrected chi connectivity index (χ3v) is 7.42. The Hall–Kier alpha value is -4.72. The predicted octanol–water partition coefficient (Wildman–Crippen LogP) is 6.10. The van der Waals surface area contributed by atoms with Crippen LogP contribution in [0.2, 0.25) is 10.0 Å². The van der Waals surface area contributed by atoms with Gasteiger partial charge in [0.05, 0.1) is 16.7 Å². The van der Waals surface area contributed by atoms with E-state index in [1.54, 1.807) is 68.4 Å². The Balaban J connectivity index is 1.45. The summed E-state index contributed by atoms with van der Waals surface area (Å²) >= 11 is 12.0. The number of nitro groups is 1. The van der Waals surface area contributed by atoms with Crippen LogP contribution < -0.4 is 15.6 Å². The molecule has 44 heavy (non-hydrogen) atoms. The Morgan fingerprint density at radius 1 is 1.09 bits per heavy atom. The smallest absolute Gasteiger partial charge is 0.315 e. The van der Waals surface area contributed by atoms with Crippen LogP contribution in [0.25, 0.3) is 0 Å². The fourth-order valence-electron chi connectivity index (χ4n) is 4.76. The molecule has 13 nitrogen and oxygen atoms in total. The van der Waals surface area contributed by atoms with Gasteiger partial charge in [0.15, 0.2) is 6.17 Å². The van der Waals surface area contributed by atoms with E-state index >= 15 is 0 Å².